The van der Waals surface area contributed by atoms with Gasteiger partial charge in [0.15, 0.2) is 0 Å². The van der Waals surface area contributed by atoms with Crippen LogP contribution in [0.5, 0.6) is 11.5 Å². The number of nitrogens with two attached hydrogens (primary N) is 1. The predicted octanol–water partition coefficient (Wildman–Crippen LogP) is 3.56. The zero-order valence-electron chi connectivity index (χ0n) is 15.5. The molecule has 0 spiro atoms. The smallest absolute Gasteiger partial charge is 0.305 e. The first-order valence-electron chi connectivity index (χ1n) is 8.66. The summed E-state index contributed by atoms with van der Waals surface area (Å²) >= 11 is 6.21. The standard InChI is InChI=1S/C21H22ClNO5/c1-26-20(24)11-9-15-8-10-19(17(22)14-15)28-13-5-4-12-27-18-7-3-2-6-16(18)21(23)25/h2-8,10,14H,9,11-13H2,1H3,(H2,23,25)/b5-4+. The summed E-state index contributed by atoms with van der Waals surface area (Å²) < 4.78 is 15.8. The number of primary amides is 1. The molecule has 0 radical (unpaired) electrons. The first kappa shape index (κ1) is 21.3. The highest BCUT2D eigenvalue weighted by Crippen LogP contribution is 2.26. The van der Waals surface area contributed by atoms with Crippen LogP contribution in [0.1, 0.15) is 22.3 Å². The Balaban J connectivity index is 1.78. The number of para-hydroxylation sites is 1. The Hall–Kier alpha value is -2.99. The average Bonchev–Trinajstić information content (AvgIpc) is 2.70. The summed E-state index contributed by atoms with van der Waals surface area (Å²) in [6, 6.07) is 12.2. The van der Waals surface area contributed by atoms with E-state index in [1.165, 1.54) is 7.11 Å². The Kier molecular flexibility index (Phi) is 8.37. The molecule has 0 atom stereocenters. The van der Waals surface area contributed by atoms with Crippen molar-refractivity contribution in [1.29, 1.82) is 0 Å². The number of hydrogen-bond acceptors (Lipinski definition) is 5. The number of rotatable bonds is 10. The summed E-state index contributed by atoms with van der Waals surface area (Å²) in [4.78, 5) is 22.5. The second-order valence-electron chi connectivity index (χ2n) is 5.79. The molecule has 0 unspecified atom stereocenters. The highest BCUT2D eigenvalue weighted by atomic mass is 35.5. The molecule has 2 aromatic rings. The maximum Gasteiger partial charge on any atom is 0.305 e. The normalized spacial score (nSPS) is 10.6. The Morgan fingerprint density at radius 1 is 1.04 bits per heavy atom. The van der Waals surface area contributed by atoms with Crippen molar-refractivity contribution in [2.75, 3.05) is 20.3 Å². The highest BCUT2D eigenvalue weighted by molar-refractivity contribution is 6.32. The number of aryl methyl sites for hydroxylation is 1. The molecule has 6 nitrogen and oxygen atoms in total. The Morgan fingerprint density at radius 2 is 1.71 bits per heavy atom. The van der Waals surface area contributed by atoms with Crippen LogP contribution in [0.4, 0.5) is 0 Å². The minimum Gasteiger partial charge on any atom is -0.489 e. The summed E-state index contributed by atoms with van der Waals surface area (Å²) in [6.45, 7) is 0.579. The molecule has 0 fully saturated rings. The van der Waals surface area contributed by atoms with Gasteiger partial charge < -0.3 is 19.9 Å². The summed E-state index contributed by atoms with van der Waals surface area (Å²) in [5.41, 5.74) is 6.57. The average molecular weight is 404 g/mol. The maximum absolute atomic E-state index is 11.3. The third kappa shape index (κ3) is 6.63. The van der Waals surface area contributed by atoms with E-state index in [0.717, 1.165) is 5.56 Å². The van der Waals surface area contributed by atoms with Crippen LogP contribution in [0.25, 0.3) is 0 Å². The molecule has 2 aromatic carbocycles. The lowest BCUT2D eigenvalue weighted by Crippen LogP contribution is -2.12. The van der Waals surface area contributed by atoms with Crippen molar-refractivity contribution in [3.05, 3.63) is 70.8 Å². The van der Waals surface area contributed by atoms with Gasteiger partial charge in [-0.3, -0.25) is 9.59 Å². The van der Waals surface area contributed by atoms with Crippen molar-refractivity contribution < 1.29 is 23.8 Å². The molecule has 148 valence electrons. The SMILES string of the molecule is COC(=O)CCc1ccc(OC/C=C/COc2ccccc2C(N)=O)c(Cl)c1. The lowest BCUT2D eigenvalue weighted by Gasteiger charge is -2.08. The van der Waals surface area contributed by atoms with E-state index in [1.54, 1.807) is 48.6 Å². The number of hydrogen-bond donors (Lipinski definition) is 1. The number of esters is 1. The summed E-state index contributed by atoms with van der Waals surface area (Å²) in [5.74, 6) is 0.189. The van der Waals surface area contributed by atoms with Gasteiger partial charge in [-0.15, -0.1) is 0 Å². The van der Waals surface area contributed by atoms with Crippen molar-refractivity contribution in [3.8, 4) is 11.5 Å². The van der Waals surface area contributed by atoms with Crippen LogP contribution in [0.2, 0.25) is 5.02 Å². The number of methoxy groups -OCH3 is 1. The van der Waals surface area contributed by atoms with Crippen molar-refractivity contribution in [2.45, 2.75) is 12.8 Å². The van der Waals surface area contributed by atoms with Gasteiger partial charge in [-0.2, -0.15) is 0 Å². The molecule has 0 aliphatic rings. The van der Waals surface area contributed by atoms with Crippen molar-refractivity contribution in [1.82, 2.24) is 0 Å². The van der Waals surface area contributed by atoms with Crippen LogP contribution in [-0.2, 0) is 16.0 Å². The van der Waals surface area contributed by atoms with E-state index in [2.05, 4.69) is 4.74 Å². The van der Waals surface area contributed by atoms with Gasteiger partial charge in [-0.05, 0) is 48.4 Å². The lowest BCUT2D eigenvalue weighted by molar-refractivity contribution is -0.140. The second-order valence-corrected chi connectivity index (χ2v) is 6.20. The number of carbonyl (C=O) groups excluding carboxylic acids is 2. The fraction of sp³-hybridized carbons (Fsp3) is 0.238. The number of amides is 1. The molecule has 2 N–H and O–H groups in total. The van der Waals surface area contributed by atoms with Gasteiger partial charge in [0.05, 0.1) is 17.7 Å². The van der Waals surface area contributed by atoms with E-state index in [1.807, 2.05) is 6.07 Å². The van der Waals surface area contributed by atoms with E-state index in [4.69, 9.17) is 26.8 Å². The summed E-state index contributed by atoms with van der Waals surface area (Å²) in [6.07, 6.45) is 4.41. The molecule has 0 heterocycles. The van der Waals surface area contributed by atoms with Crippen molar-refractivity contribution in [3.63, 3.8) is 0 Å². The number of benzene rings is 2. The zero-order chi connectivity index (χ0) is 20.4. The van der Waals surface area contributed by atoms with Gasteiger partial charge in [0, 0.05) is 6.42 Å². The second kappa shape index (κ2) is 11.0. The predicted molar refractivity (Wildman–Crippen MR) is 107 cm³/mol. The van der Waals surface area contributed by atoms with E-state index < -0.39 is 5.91 Å². The number of halogens is 1. The largest absolute Gasteiger partial charge is 0.489 e. The molecular weight excluding hydrogens is 382 g/mol. The van der Waals surface area contributed by atoms with Crippen LogP contribution >= 0.6 is 11.6 Å². The number of carbonyl (C=O) groups is 2. The van der Waals surface area contributed by atoms with Gasteiger partial charge in [0.25, 0.3) is 5.91 Å². The molecule has 2 rings (SSSR count). The quantitative estimate of drug-likeness (QED) is 0.484. The Bertz CT molecular complexity index is 850. The molecular formula is C21H22ClNO5. The Morgan fingerprint density at radius 3 is 2.36 bits per heavy atom. The molecule has 1 amide bonds. The van der Waals surface area contributed by atoms with E-state index in [0.29, 0.717) is 41.5 Å². The van der Waals surface area contributed by atoms with Crippen LogP contribution < -0.4 is 15.2 Å². The topological polar surface area (TPSA) is 87.8 Å². The molecule has 28 heavy (non-hydrogen) atoms. The third-order valence-electron chi connectivity index (χ3n) is 3.83. The van der Waals surface area contributed by atoms with Crippen LogP contribution in [0.15, 0.2) is 54.6 Å². The van der Waals surface area contributed by atoms with Crippen molar-refractivity contribution >= 4 is 23.5 Å². The molecule has 0 aliphatic carbocycles. The van der Waals surface area contributed by atoms with Gasteiger partial charge in [0.1, 0.15) is 24.7 Å². The van der Waals surface area contributed by atoms with E-state index in [-0.39, 0.29) is 12.6 Å². The Labute approximate surface area is 168 Å². The highest BCUT2D eigenvalue weighted by Gasteiger charge is 2.07. The van der Waals surface area contributed by atoms with E-state index in [9.17, 15) is 9.59 Å². The molecule has 7 heteroatoms. The fourth-order valence-electron chi connectivity index (χ4n) is 2.37. The van der Waals surface area contributed by atoms with Gasteiger partial charge in [-0.1, -0.05) is 29.8 Å². The number of ether oxygens (including phenoxy) is 3. The summed E-state index contributed by atoms with van der Waals surface area (Å²) in [7, 11) is 1.36. The minimum absolute atomic E-state index is 0.262. The van der Waals surface area contributed by atoms with Gasteiger partial charge in [-0.25, -0.2) is 0 Å². The van der Waals surface area contributed by atoms with Gasteiger partial charge >= 0.3 is 5.97 Å². The monoisotopic (exact) mass is 403 g/mol. The molecule has 0 saturated carbocycles. The first-order valence-corrected chi connectivity index (χ1v) is 9.03. The van der Waals surface area contributed by atoms with Crippen LogP contribution in [-0.4, -0.2) is 32.2 Å². The van der Waals surface area contributed by atoms with Crippen LogP contribution in [0.3, 0.4) is 0 Å². The van der Waals surface area contributed by atoms with E-state index >= 15 is 0 Å². The van der Waals surface area contributed by atoms with Crippen LogP contribution in [0, 0.1) is 0 Å². The zero-order valence-corrected chi connectivity index (χ0v) is 16.3. The first-order chi connectivity index (χ1) is 13.5. The molecule has 0 bridgehead atoms. The molecule has 0 aliphatic heterocycles. The molecule has 0 saturated heterocycles. The maximum atomic E-state index is 11.3. The lowest BCUT2D eigenvalue weighted by atomic mass is 10.1. The molecule has 0 aromatic heterocycles. The van der Waals surface area contributed by atoms with Crippen molar-refractivity contribution in [2.24, 2.45) is 5.73 Å². The summed E-state index contributed by atoms with van der Waals surface area (Å²) in [5, 5.41) is 0.474. The fourth-order valence-corrected chi connectivity index (χ4v) is 2.63. The van der Waals surface area contributed by atoms with Gasteiger partial charge in [0.2, 0.25) is 0 Å². The minimum atomic E-state index is -0.535. The third-order valence-corrected chi connectivity index (χ3v) is 4.13.